The lowest BCUT2D eigenvalue weighted by molar-refractivity contribution is 0.649. The van der Waals surface area contributed by atoms with Crippen LogP contribution in [0.4, 0.5) is 10.8 Å². The van der Waals surface area contributed by atoms with Crippen LogP contribution >= 0.6 is 11.3 Å². The van der Waals surface area contributed by atoms with Gasteiger partial charge in [0.25, 0.3) is 0 Å². The Morgan fingerprint density at radius 3 is 2.63 bits per heavy atom. The fourth-order valence-electron chi connectivity index (χ4n) is 2.40. The number of nitrogens with zero attached hydrogens (tertiary/aromatic N) is 4. The van der Waals surface area contributed by atoms with E-state index < -0.39 is 0 Å². The Labute approximate surface area is 116 Å². The van der Waals surface area contributed by atoms with Crippen LogP contribution in [-0.4, -0.2) is 36.1 Å². The van der Waals surface area contributed by atoms with Gasteiger partial charge in [0.2, 0.25) is 0 Å². The van der Waals surface area contributed by atoms with E-state index in [1.165, 1.54) is 5.69 Å². The average molecular weight is 275 g/mol. The molecule has 2 aromatic heterocycles. The van der Waals surface area contributed by atoms with Crippen molar-refractivity contribution in [3.05, 3.63) is 35.6 Å². The predicted molar refractivity (Wildman–Crippen MR) is 78.7 cm³/mol. The van der Waals surface area contributed by atoms with Crippen molar-refractivity contribution in [1.29, 1.82) is 0 Å². The molecule has 19 heavy (non-hydrogen) atoms. The highest BCUT2D eigenvalue weighted by molar-refractivity contribution is 7.13. The van der Waals surface area contributed by atoms with E-state index in [1.54, 1.807) is 11.3 Å². The molecule has 0 unspecified atom stereocenters. The van der Waals surface area contributed by atoms with E-state index in [2.05, 4.69) is 25.8 Å². The lowest BCUT2D eigenvalue weighted by Crippen LogP contribution is -2.46. The first-order chi connectivity index (χ1) is 9.38. The average Bonchev–Trinajstić information content (AvgIpc) is 3.02. The van der Waals surface area contributed by atoms with Crippen LogP contribution in [0.25, 0.3) is 0 Å². The molecule has 3 rings (SSSR count). The van der Waals surface area contributed by atoms with Crippen molar-refractivity contribution in [2.75, 3.05) is 36.0 Å². The normalized spacial score (nSPS) is 15.8. The summed E-state index contributed by atoms with van der Waals surface area (Å²) in [6, 6.07) is 2.06. The summed E-state index contributed by atoms with van der Waals surface area (Å²) in [5.41, 5.74) is 8.11. The molecule has 0 atom stereocenters. The first-order valence-electron chi connectivity index (χ1n) is 6.41. The van der Waals surface area contributed by atoms with Gasteiger partial charge >= 0.3 is 0 Å². The first-order valence-corrected chi connectivity index (χ1v) is 7.29. The maximum atomic E-state index is 5.78. The summed E-state index contributed by atoms with van der Waals surface area (Å²) in [5.74, 6) is 0. The predicted octanol–water partition coefficient (Wildman–Crippen LogP) is 1.32. The summed E-state index contributed by atoms with van der Waals surface area (Å²) in [5, 5.41) is 3.14. The molecule has 0 spiro atoms. The highest BCUT2D eigenvalue weighted by Gasteiger charge is 2.20. The third-order valence-electron chi connectivity index (χ3n) is 3.41. The minimum Gasteiger partial charge on any atom is -0.368 e. The SMILES string of the molecule is NCc1cnccc1N1CCN(c2nccs2)CC1. The maximum Gasteiger partial charge on any atom is 0.185 e. The first kappa shape index (κ1) is 12.4. The third kappa shape index (κ3) is 2.54. The van der Waals surface area contributed by atoms with Crippen molar-refractivity contribution >= 4 is 22.2 Å². The van der Waals surface area contributed by atoms with Crippen LogP contribution < -0.4 is 15.5 Å². The van der Waals surface area contributed by atoms with E-state index in [-0.39, 0.29) is 0 Å². The number of thiazole rings is 1. The fourth-order valence-corrected chi connectivity index (χ4v) is 3.09. The zero-order valence-corrected chi connectivity index (χ0v) is 11.5. The van der Waals surface area contributed by atoms with Crippen molar-refractivity contribution < 1.29 is 0 Å². The Kier molecular flexibility index (Phi) is 3.61. The van der Waals surface area contributed by atoms with Crippen LogP contribution in [0.1, 0.15) is 5.56 Å². The molecule has 2 aromatic rings. The molecule has 100 valence electrons. The van der Waals surface area contributed by atoms with Gasteiger partial charge < -0.3 is 15.5 Å². The molecule has 6 heteroatoms. The molecule has 0 saturated carbocycles. The second-order valence-corrected chi connectivity index (χ2v) is 5.37. The summed E-state index contributed by atoms with van der Waals surface area (Å²) in [6.07, 6.45) is 5.56. The molecule has 0 bridgehead atoms. The molecule has 2 N–H and O–H groups in total. The van der Waals surface area contributed by atoms with Gasteiger partial charge in [0.15, 0.2) is 5.13 Å². The molecule has 0 radical (unpaired) electrons. The van der Waals surface area contributed by atoms with Gasteiger partial charge in [0.1, 0.15) is 0 Å². The number of nitrogens with two attached hydrogens (primary N) is 1. The summed E-state index contributed by atoms with van der Waals surface area (Å²) in [6.45, 7) is 4.53. The van der Waals surface area contributed by atoms with Crippen LogP contribution in [-0.2, 0) is 6.54 Å². The van der Waals surface area contributed by atoms with Crippen molar-refractivity contribution in [1.82, 2.24) is 9.97 Å². The smallest absolute Gasteiger partial charge is 0.185 e. The Morgan fingerprint density at radius 2 is 1.95 bits per heavy atom. The molecule has 0 aliphatic carbocycles. The van der Waals surface area contributed by atoms with Crippen molar-refractivity contribution in [2.45, 2.75) is 6.54 Å². The highest BCUT2D eigenvalue weighted by Crippen LogP contribution is 2.23. The number of hydrogen-bond donors (Lipinski definition) is 1. The fraction of sp³-hybridized carbons (Fsp3) is 0.385. The topological polar surface area (TPSA) is 58.3 Å². The largest absolute Gasteiger partial charge is 0.368 e. The van der Waals surface area contributed by atoms with Gasteiger partial charge in [-0.3, -0.25) is 4.98 Å². The molecule has 1 aliphatic heterocycles. The van der Waals surface area contributed by atoms with E-state index in [0.29, 0.717) is 6.54 Å². The Morgan fingerprint density at radius 1 is 1.16 bits per heavy atom. The van der Waals surface area contributed by atoms with E-state index in [1.807, 2.05) is 24.0 Å². The monoisotopic (exact) mass is 275 g/mol. The molecule has 3 heterocycles. The van der Waals surface area contributed by atoms with E-state index in [4.69, 9.17) is 5.73 Å². The van der Waals surface area contributed by atoms with Crippen LogP contribution in [0.3, 0.4) is 0 Å². The van der Waals surface area contributed by atoms with Crippen LogP contribution in [0, 0.1) is 0 Å². The Balaban J connectivity index is 1.70. The van der Waals surface area contributed by atoms with Gasteiger partial charge in [-0.1, -0.05) is 0 Å². The molecular formula is C13H17N5S. The Hall–Kier alpha value is -1.66. The second-order valence-electron chi connectivity index (χ2n) is 4.50. The minimum absolute atomic E-state index is 0.538. The number of anilines is 2. The standard InChI is InChI=1S/C13H17N5S/c14-9-11-10-15-2-1-12(11)17-4-6-18(7-5-17)13-16-3-8-19-13/h1-3,8,10H,4-7,9,14H2. The van der Waals surface area contributed by atoms with Crippen molar-refractivity contribution in [3.63, 3.8) is 0 Å². The number of aromatic nitrogens is 2. The van der Waals surface area contributed by atoms with Crippen LogP contribution in [0.2, 0.25) is 0 Å². The summed E-state index contributed by atoms with van der Waals surface area (Å²) < 4.78 is 0. The molecule has 0 amide bonds. The minimum atomic E-state index is 0.538. The zero-order valence-electron chi connectivity index (χ0n) is 10.7. The molecule has 0 aromatic carbocycles. The quantitative estimate of drug-likeness (QED) is 0.915. The number of pyridine rings is 1. The lowest BCUT2D eigenvalue weighted by atomic mass is 10.2. The number of piperazine rings is 1. The number of rotatable bonds is 3. The van der Waals surface area contributed by atoms with Crippen molar-refractivity contribution in [3.8, 4) is 0 Å². The van der Waals surface area contributed by atoms with Gasteiger partial charge in [-0.25, -0.2) is 4.98 Å². The molecule has 1 aliphatic rings. The molecule has 1 saturated heterocycles. The third-order valence-corrected chi connectivity index (χ3v) is 4.24. The molecular weight excluding hydrogens is 258 g/mol. The number of hydrogen-bond acceptors (Lipinski definition) is 6. The van der Waals surface area contributed by atoms with E-state index >= 15 is 0 Å². The Bertz CT molecular complexity index is 520. The van der Waals surface area contributed by atoms with Crippen molar-refractivity contribution in [2.24, 2.45) is 5.73 Å². The van der Waals surface area contributed by atoms with Crippen LogP contribution in [0.15, 0.2) is 30.0 Å². The summed E-state index contributed by atoms with van der Waals surface area (Å²) >= 11 is 1.70. The molecule has 5 nitrogen and oxygen atoms in total. The van der Waals surface area contributed by atoms with Gasteiger partial charge in [-0.15, -0.1) is 11.3 Å². The van der Waals surface area contributed by atoms with E-state index in [9.17, 15) is 0 Å². The highest BCUT2D eigenvalue weighted by atomic mass is 32.1. The summed E-state index contributed by atoms with van der Waals surface area (Å²) in [7, 11) is 0. The van der Waals surface area contributed by atoms with E-state index in [0.717, 1.165) is 36.9 Å². The second kappa shape index (κ2) is 5.54. The zero-order chi connectivity index (χ0) is 13.1. The van der Waals surface area contributed by atoms with Gasteiger partial charge in [-0.05, 0) is 6.07 Å². The van der Waals surface area contributed by atoms with Gasteiger partial charge in [-0.2, -0.15) is 0 Å². The summed E-state index contributed by atoms with van der Waals surface area (Å²) in [4.78, 5) is 13.2. The lowest BCUT2D eigenvalue weighted by Gasteiger charge is -2.36. The maximum absolute atomic E-state index is 5.78. The van der Waals surface area contributed by atoms with Crippen LogP contribution in [0.5, 0.6) is 0 Å². The molecule has 1 fully saturated rings. The van der Waals surface area contributed by atoms with Gasteiger partial charge in [0.05, 0.1) is 0 Å². The van der Waals surface area contributed by atoms with Gasteiger partial charge in [0, 0.05) is 67.9 Å².